The smallest absolute Gasteiger partial charge is 0.337 e. The molecule has 0 aromatic rings. The van der Waals surface area contributed by atoms with Crippen molar-refractivity contribution < 1.29 is 19.1 Å². The van der Waals surface area contributed by atoms with Gasteiger partial charge in [-0.05, 0) is 62.7 Å². The fourth-order valence-electron chi connectivity index (χ4n) is 5.37. The van der Waals surface area contributed by atoms with E-state index in [1.807, 2.05) is 0 Å². The van der Waals surface area contributed by atoms with Gasteiger partial charge in [0.2, 0.25) is 0 Å². The normalized spacial score (nSPS) is 33.6. The second-order valence-electron chi connectivity index (χ2n) is 8.36. The third-order valence-electron chi connectivity index (χ3n) is 7.00. The average molecular weight is 338 g/mol. The molecule has 0 N–H and O–H groups in total. The second-order valence-corrected chi connectivity index (χ2v) is 8.36. The molecular formula is C20H34O4. The summed E-state index contributed by atoms with van der Waals surface area (Å²) in [6.45, 7) is 6.46. The van der Waals surface area contributed by atoms with Crippen LogP contribution >= 0.6 is 0 Å². The van der Waals surface area contributed by atoms with Crippen LogP contribution in [-0.2, 0) is 19.1 Å². The van der Waals surface area contributed by atoms with Gasteiger partial charge in [-0.2, -0.15) is 0 Å². The summed E-state index contributed by atoms with van der Waals surface area (Å²) in [5, 5.41) is 0. The number of Topliss-reactive ketones (excluding diaryl/α,β-unsaturated/α-hetero) is 1. The topological polar surface area (TPSA) is 52.6 Å². The van der Waals surface area contributed by atoms with Gasteiger partial charge in [0.05, 0.1) is 7.11 Å². The number of fused-ring (bicyclic) bond motifs is 1. The minimum atomic E-state index is -0.850. The Morgan fingerprint density at radius 1 is 1.38 bits per heavy atom. The summed E-state index contributed by atoms with van der Waals surface area (Å²) in [5.74, 6) is 1.68. The molecule has 0 aromatic carbocycles. The van der Waals surface area contributed by atoms with Crippen LogP contribution in [0, 0.1) is 23.2 Å². The number of rotatable bonds is 7. The molecule has 2 rings (SSSR count). The van der Waals surface area contributed by atoms with E-state index < -0.39 is 5.60 Å². The van der Waals surface area contributed by atoms with E-state index in [1.165, 1.54) is 20.0 Å². The zero-order valence-electron chi connectivity index (χ0n) is 16.0. The summed E-state index contributed by atoms with van der Waals surface area (Å²) in [5.41, 5.74) is -0.654. The van der Waals surface area contributed by atoms with E-state index >= 15 is 0 Å². The number of hydrogen-bond acceptors (Lipinski definition) is 4. The van der Waals surface area contributed by atoms with E-state index in [2.05, 4.69) is 13.8 Å². The molecule has 2 saturated carbocycles. The Labute approximate surface area is 146 Å². The van der Waals surface area contributed by atoms with Crippen molar-refractivity contribution in [2.75, 3.05) is 14.2 Å². The van der Waals surface area contributed by atoms with Gasteiger partial charge in [-0.1, -0.05) is 20.3 Å². The number of ketones is 1. The zero-order chi connectivity index (χ0) is 18.0. The number of esters is 1. The highest BCUT2D eigenvalue weighted by atomic mass is 16.6. The van der Waals surface area contributed by atoms with Gasteiger partial charge in [0, 0.05) is 19.4 Å². The van der Waals surface area contributed by atoms with Crippen LogP contribution in [0.1, 0.15) is 72.1 Å². The minimum Gasteiger partial charge on any atom is -0.467 e. The Kier molecular flexibility index (Phi) is 6.11. The van der Waals surface area contributed by atoms with Gasteiger partial charge >= 0.3 is 5.97 Å². The lowest BCUT2D eigenvalue weighted by Gasteiger charge is -2.42. The fraction of sp³-hybridized carbons (Fsp3) is 0.900. The Bertz CT molecular complexity index is 474. The average Bonchev–Trinajstić information content (AvgIpc) is 2.92. The highest BCUT2D eigenvalue weighted by Gasteiger charge is 2.52. The summed E-state index contributed by atoms with van der Waals surface area (Å²) in [4.78, 5) is 24.2. The molecule has 2 fully saturated rings. The molecule has 0 bridgehead atoms. The molecule has 0 aliphatic heterocycles. The van der Waals surface area contributed by atoms with E-state index in [4.69, 9.17) is 9.47 Å². The molecule has 0 radical (unpaired) electrons. The van der Waals surface area contributed by atoms with Crippen LogP contribution in [0.4, 0.5) is 0 Å². The SMILES string of the molecule is COC(=O)C(C)(CCC[C@@H](C)[C@H]1CCC2C(=O)CCC[C@@]21C)OC. The first kappa shape index (κ1) is 19.4. The van der Waals surface area contributed by atoms with Crippen LogP contribution < -0.4 is 0 Å². The maximum absolute atomic E-state index is 12.3. The first-order chi connectivity index (χ1) is 11.3. The fourth-order valence-corrected chi connectivity index (χ4v) is 5.37. The Hall–Kier alpha value is -0.900. The molecule has 2 aliphatic rings. The van der Waals surface area contributed by atoms with Crippen molar-refractivity contribution in [1.82, 2.24) is 0 Å². The monoisotopic (exact) mass is 338 g/mol. The van der Waals surface area contributed by atoms with Crippen LogP contribution in [0.15, 0.2) is 0 Å². The molecule has 24 heavy (non-hydrogen) atoms. The third kappa shape index (κ3) is 3.54. The Morgan fingerprint density at radius 2 is 2.08 bits per heavy atom. The van der Waals surface area contributed by atoms with Gasteiger partial charge in [0.25, 0.3) is 0 Å². The summed E-state index contributed by atoms with van der Waals surface area (Å²) in [6, 6.07) is 0. The van der Waals surface area contributed by atoms with Gasteiger partial charge in [-0.25, -0.2) is 4.79 Å². The van der Waals surface area contributed by atoms with Crippen LogP contribution in [0.3, 0.4) is 0 Å². The van der Waals surface area contributed by atoms with Gasteiger partial charge in [0.1, 0.15) is 5.78 Å². The molecule has 0 amide bonds. The van der Waals surface area contributed by atoms with Crippen molar-refractivity contribution in [3.63, 3.8) is 0 Å². The summed E-state index contributed by atoms with van der Waals surface area (Å²) in [6.07, 6.45) is 7.95. The first-order valence-electron chi connectivity index (χ1n) is 9.45. The number of hydrogen-bond donors (Lipinski definition) is 0. The van der Waals surface area contributed by atoms with E-state index in [9.17, 15) is 9.59 Å². The maximum Gasteiger partial charge on any atom is 0.337 e. The number of methoxy groups -OCH3 is 2. The highest BCUT2D eigenvalue weighted by Crippen LogP contribution is 2.57. The second kappa shape index (κ2) is 7.55. The lowest BCUT2D eigenvalue weighted by molar-refractivity contribution is -0.165. The molecule has 0 heterocycles. The molecule has 0 saturated heterocycles. The van der Waals surface area contributed by atoms with E-state index in [0.29, 0.717) is 24.0 Å². The van der Waals surface area contributed by atoms with E-state index in [0.717, 1.165) is 32.1 Å². The Balaban J connectivity index is 1.92. The molecule has 0 spiro atoms. The minimum absolute atomic E-state index is 0.196. The van der Waals surface area contributed by atoms with Crippen molar-refractivity contribution in [3.05, 3.63) is 0 Å². The third-order valence-corrected chi connectivity index (χ3v) is 7.00. The van der Waals surface area contributed by atoms with Crippen molar-refractivity contribution in [1.29, 1.82) is 0 Å². The van der Waals surface area contributed by atoms with Gasteiger partial charge in [-0.3, -0.25) is 4.79 Å². The summed E-state index contributed by atoms with van der Waals surface area (Å²) >= 11 is 0. The van der Waals surface area contributed by atoms with Crippen LogP contribution in [0.5, 0.6) is 0 Å². The number of ether oxygens (including phenoxy) is 2. The molecule has 0 aromatic heterocycles. The van der Waals surface area contributed by atoms with Crippen LogP contribution in [-0.4, -0.2) is 31.6 Å². The van der Waals surface area contributed by atoms with Gasteiger partial charge in [0.15, 0.2) is 5.60 Å². The predicted octanol–water partition coefficient (Wildman–Crippen LogP) is 4.16. The zero-order valence-corrected chi connectivity index (χ0v) is 16.0. The quantitative estimate of drug-likeness (QED) is 0.654. The standard InChI is InChI=1S/C20H34O4/c1-14(8-6-13-20(3,24-5)18(22)23-4)15-10-11-16-17(21)9-7-12-19(15,16)2/h14-16H,6-13H2,1-5H3/t14-,15-,16?,19-,20?/m1/s1. The van der Waals surface area contributed by atoms with Crippen molar-refractivity contribution in [2.24, 2.45) is 23.2 Å². The molecule has 138 valence electrons. The predicted molar refractivity (Wildman–Crippen MR) is 93.6 cm³/mol. The van der Waals surface area contributed by atoms with Crippen LogP contribution in [0.25, 0.3) is 0 Å². The summed E-state index contributed by atoms with van der Waals surface area (Å²) in [7, 11) is 2.97. The molecule has 2 unspecified atom stereocenters. The van der Waals surface area contributed by atoms with Gasteiger partial charge in [-0.15, -0.1) is 0 Å². The molecule has 5 atom stereocenters. The lowest BCUT2D eigenvalue weighted by Crippen LogP contribution is -2.40. The van der Waals surface area contributed by atoms with Crippen molar-refractivity contribution in [2.45, 2.75) is 77.7 Å². The largest absolute Gasteiger partial charge is 0.467 e. The van der Waals surface area contributed by atoms with Crippen LogP contribution in [0.2, 0.25) is 0 Å². The Morgan fingerprint density at radius 3 is 2.71 bits per heavy atom. The van der Waals surface area contributed by atoms with Crippen molar-refractivity contribution in [3.8, 4) is 0 Å². The number of carbonyl (C=O) groups is 2. The van der Waals surface area contributed by atoms with E-state index in [1.54, 1.807) is 14.0 Å². The first-order valence-corrected chi connectivity index (χ1v) is 9.45. The maximum atomic E-state index is 12.3. The molecule has 2 aliphatic carbocycles. The lowest BCUT2D eigenvalue weighted by atomic mass is 9.62. The molecule has 4 heteroatoms. The highest BCUT2D eigenvalue weighted by molar-refractivity contribution is 5.83. The van der Waals surface area contributed by atoms with E-state index in [-0.39, 0.29) is 17.3 Å². The molecule has 4 nitrogen and oxygen atoms in total. The molecular weight excluding hydrogens is 304 g/mol. The van der Waals surface area contributed by atoms with Crippen molar-refractivity contribution >= 4 is 11.8 Å². The van der Waals surface area contributed by atoms with Gasteiger partial charge < -0.3 is 9.47 Å². The summed E-state index contributed by atoms with van der Waals surface area (Å²) < 4.78 is 10.3. The number of carbonyl (C=O) groups excluding carboxylic acids is 2.